The largest absolute Gasteiger partial charge is 0.493 e. The van der Waals surface area contributed by atoms with Crippen LogP contribution in [0, 0.1) is 5.92 Å². The van der Waals surface area contributed by atoms with E-state index in [0.717, 1.165) is 42.7 Å². The monoisotopic (exact) mass is 382 g/mol. The van der Waals surface area contributed by atoms with E-state index in [1.54, 1.807) is 21.3 Å². The fourth-order valence-electron chi connectivity index (χ4n) is 3.51. The average molecular weight is 383 g/mol. The van der Waals surface area contributed by atoms with Crippen molar-refractivity contribution in [2.45, 2.75) is 13.0 Å². The van der Waals surface area contributed by atoms with Crippen molar-refractivity contribution in [2.75, 3.05) is 45.8 Å². The van der Waals surface area contributed by atoms with Gasteiger partial charge in [0.25, 0.3) is 0 Å². The molecule has 0 bridgehead atoms. The van der Waals surface area contributed by atoms with Crippen molar-refractivity contribution >= 4 is 11.6 Å². The molecule has 2 aromatic rings. The third kappa shape index (κ3) is 5.09. The molecule has 1 unspecified atom stereocenters. The zero-order valence-electron chi connectivity index (χ0n) is 16.9. The molecule has 2 N–H and O–H groups in total. The highest BCUT2D eigenvalue weighted by atomic mass is 16.5. The minimum Gasteiger partial charge on any atom is -0.493 e. The molecular formula is C22H30N4O2. The second-order valence-electron chi connectivity index (χ2n) is 6.93. The lowest BCUT2D eigenvalue weighted by Gasteiger charge is -2.19. The lowest BCUT2D eigenvalue weighted by Crippen LogP contribution is -2.39. The SMILES string of the molecule is CN=C(NCc1ccc(OC)c(OC)c1)NCC1CCN(c2ccccc2)C1. The van der Waals surface area contributed by atoms with Crippen LogP contribution in [-0.4, -0.2) is 46.9 Å². The minimum atomic E-state index is 0.611. The van der Waals surface area contributed by atoms with Crippen LogP contribution < -0.4 is 25.0 Å². The maximum absolute atomic E-state index is 5.37. The number of hydrogen-bond acceptors (Lipinski definition) is 4. The zero-order chi connectivity index (χ0) is 19.8. The minimum absolute atomic E-state index is 0.611. The summed E-state index contributed by atoms with van der Waals surface area (Å²) in [5.74, 6) is 2.89. The van der Waals surface area contributed by atoms with E-state index in [9.17, 15) is 0 Å². The van der Waals surface area contributed by atoms with Gasteiger partial charge in [0.1, 0.15) is 0 Å². The summed E-state index contributed by atoms with van der Waals surface area (Å²) >= 11 is 0. The normalized spacial score (nSPS) is 16.8. The third-order valence-electron chi connectivity index (χ3n) is 5.10. The van der Waals surface area contributed by atoms with Crippen molar-refractivity contribution in [3.05, 3.63) is 54.1 Å². The number of methoxy groups -OCH3 is 2. The van der Waals surface area contributed by atoms with Crippen LogP contribution in [0.25, 0.3) is 0 Å². The highest BCUT2D eigenvalue weighted by Gasteiger charge is 2.22. The number of aliphatic imine (C=N–C) groups is 1. The Morgan fingerprint density at radius 3 is 2.57 bits per heavy atom. The summed E-state index contributed by atoms with van der Waals surface area (Å²) in [7, 11) is 5.09. The highest BCUT2D eigenvalue weighted by molar-refractivity contribution is 5.79. The first-order chi connectivity index (χ1) is 13.7. The number of guanidine groups is 1. The van der Waals surface area contributed by atoms with Crippen LogP contribution in [0.5, 0.6) is 11.5 Å². The number of rotatable bonds is 7. The van der Waals surface area contributed by atoms with Crippen molar-refractivity contribution in [3.63, 3.8) is 0 Å². The maximum atomic E-state index is 5.37. The van der Waals surface area contributed by atoms with Gasteiger partial charge in [0.05, 0.1) is 14.2 Å². The predicted molar refractivity (Wildman–Crippen MR) is 115 cm³/mol. The van der Waals surface area contributed by atoms with Gasteiger partial charge in [-0.15, -0.1) is 0 Å². The Balaban J connectivity index is 1.46. The zero-order valence-corrected chi connectivity index (χ0v) is 16.9. The van der Waals surface area contributed by atoms with E-state index in [1.165, 1.54) is 12.1 Å². The van der Waals surface area contributed by atoms with E-state index >= 15 is 0 Å². The van der Waals surface area contributed by atoms with Crippen LogP contribution in [0.3, 0.4) is 0 Å². The molecule has 1 aliphatic rings. The van der Waals surface area contributed by atoms with E-state index in [-0.39, 0.29) is 0 Å². The number of ether oxygens (including phenoxy) is 2. The Bertz CT molecular complexity index is 779. The van der Waals surface area contributed by atoms with Gasteiger partial charge in [-0.2, -0.15) is 0 Å². The molecular weight excluding hydrogens is 352 g/mol. The van der Waals surface area contributed by atoms with E-state index in [2.05, 4.69) is 50.9 Å². The third-order valence-corrected chi connectivity index (χ3v) is 5.10. The summed E-state index contributed by atoms with van der Waals surface area (Å²) in [6.07, 6.45) is 1.19. The van der Waals surface area contributed by atoms with E-state index in [0.29, 0.717) is 12.5 Å². The number of nitrogens with zero attached hydrogens (tertiary/aromatic N) is 2. The first-order valence-electron chi connectivity index (χ1n) is 9.69. The number of para-hydroxylation sites is 1. The first kappa shape index (κ1) is 19.9. The molecule has 1 fully saturated rings. The van der Waals surface area contributed by atoms with Crippen molar-refractivity contribution in [2.24, 2.45) is 10.9 Å². The van der Waals surface area contributed by atoms with Gasteiger partial charge in [0.2, 0.25) is 0 Å². The lowest BCUT2D eigenvalue weighted by molar-refractivity contribution is 0.354. The highest BCUT2D eigenvalue weighted by Crippen LogP contribution is 2.27. The summed E-state index contributed by atoms with van der Waals surface area (Å²) in [6.45, 7) is 3.76. The molecule has 0 saturated carbocycles. The predicted octanol–water partition coefficient (Wildman–Crippen LogP) is 2.90. The molecule has 1 aliphatic heterocycles. The van der Waals surface area contributed by atoms with Crippen molar-refractivity contribution < 1.29 is 9.47 Å². The Kier molecular flexibility index (Phi) is 7.00. The molecule has 6 nitrogen and oxygen atoms in total. The number of anilines is 1. The van der Waals surface area contributed by atoms with Crippen molar-refractivity contribution in [3.8, 4) is 11.5 Å². The van der Waals surface area contributed by atoms with Gasteiger partial charge < -0.3 is 25.0 Å². The van der Waals surface area contributed by atoms with Crippen LogP contribution in [-0.2, 0) is 6.54 Å². The average Bonchev–Trinajstić information content (AvgIpc) is 3.23. The van der Waals surface area contributed by atoms with Gasteiger partial charge in [-0.25, -0.2) is 0 Å². The van der Waals surface area contributed by atoms with E-state index < -0.39 is 0 Å². The summed E-state index contributed by atoms with van der Waals surface area (Å²) in [5, 5.41) is 6.83. The van der Waals surface area contributed by atoms with Crippen molar-refractivity contribution in [1.29, 1.82) is 0 Å². The molecule has 28 heavy (non-hydrogen) atoms. The number of benzene rings is 2. The van der Waals surface area contributed by atoms with Gasteiger partial charge in [-0.05, 0) is 42.2 Å². The second kappa shape index (κ2) is 9.88. The number of nitrogens with one attached hydrogen (secondary N) is 2. The molecule has 0 aliphatic carbocycles. The second-order valence-corrected chi connectivity index (χ2v) is 6.93. The van der Waals surface area contributed by atoms with E-state index in [1.807, 2.05) is 18.2 Å². The van der Waals surface area contributed by atoms with Gasteiger partial charge in [-0.1, -0.05) is 24.3 Å². The molecule has 150 valence electrons. The fraction of sp³-hybridized carbons (Fsp3) is 0.409. The molecule has 0 amide bonds. The molecule has 1 saturated heterocycles. The fourth-order valence-corrected chi connectivity index (χ4v) is 3.51. The number of hydrogen-bond donors (Lipinski definition) is 2. The summed E-state index contributed by atoms with van der Waals surface area (Å²) in [5.41, 5.74) is 2.41. The molecule has 1 atom stereocenters. The standard InChI is InChI=1S/C22H30N4O2/c1-23-22(24-14-17-9-10-20(27-2)21(13-17)28-3)25-15-18-11-12-26(16-18)19-7-5-4-6-8-19/h4-10,13,18H,11-12,14-16H2,1-3H3,(H2,23,24,25). The smallest absolute Gasteiger partial charge is 0.191 e. The molecule has 0 radical (unpaired) electrons. The van der Waals surface area contributed by atoms with E-state index in [4.69, 9.17) is 9.47 Å². The Labute approximate surface area is 167 Å². The van der Waals surface area contributed by atoms with Crippen LogP contribution in [0.2, 0.25) is 0 Å². The summed E-state index contributed by atoms with van der Waals surface area (Å²) < 4.78 is 10.7. The van der Waals surface area contributed by atoms with Gasteiger partial charge in [-0.3, -0.25) is 4.99 Å². The molecule has 1 heterocycles. The van der Waals surface area contributed by atoms with Crippen LogP contribution in [0.15, 0.2) is 53.5 Å². The van der Waals surface area contributed by atoms with Gasteiger partial charge >= 0.3 is 0 Å². The van der Waals surface area contributed by atoms with Crippen LogP contribution in [0.1, 0.15) is 12.0 Å². The molecule has 0 aromatic heterocycles. The molecule has 0 spiro atoms. The maximum Gasteiger partial charge on any atom is 0.191 e. The topological polar surface area (TPSA) is 58.1 Å². The first-order valence-corrected chi connectivity index (χ1v) is 9.69. The quantitative estimate of drug-likeness (QED) is 0.570. The van der Waals surface area contributed by atoms with Gasteiger partial charge in [0, 0.05) is 38.9 Å². The van der Waals surface area contributed by atoms with Gasteiger partial charge in [0.15, 0.2) is 17.5 Å². The molecule has 2 aromatic carbocycles. The lowest BCUT2D eigenvalue weighted by atomic mass is 10.1. The van der Waals surface area contributed by atoms with Crippen molar-refractivity contribution in [1.82, 2.24) is 10.6 Å². The van der Waals surface area contributed by atoms with Crippen LogP contribution in [0.4, 0.5) is 5.69 Å². The Hall–Kier alpha value is -2.89. The Morgan fingerprint density at radius 2 is 1.86 bits per heavy atom. The summed E-state index contributed by atoms with van der Waals surface area (Å²) in [6, 6.07) is 16.5. The summed E-state index contributed by atoms with van der Waals surface area (Å²) in [4.78, 5) is 6.79. The molecule has 3 rings (SSSR count). The molecule has 6 heteroatoms. The Morgan fingerprint density at radius 1 is 1.07 bits per heavy atom. The van der Waals surface area contributed by atoms with Crippen LogP contribution >= 0.6 is 0 Å².